The summed E-state index contributed by atoms with van der Waals surface area (Å²) < 4.78 is 0. The smallest absolute Gasteiger partial charge is 0.0940 e. The first kappa shape index (κ1) is 13.7. The topological polar surface area (TPSA) is 37.0 Å². The lowest BCUT2D eigenvalue weighted by Gasteiger charge is -2.27. The molecule has 20 heavy (non-hydrogen) atoms. The van der Waals surface area contributed by atoms with Crippen molar-refractivity contribution in [3.8, 4) is 0 Å². The summed E-state index contributed by atoms with van der Waals surface area (Å²) in [5, 5.41) is 10.5. The van der Waals surface area contributed by atoms with Crippen LogP contribution in [0.25, 0.3) is 0 Å². The lowest BCUT2D eigenvalue weighted by atomic mass is 9.94. The second-order valence-electron chi connectivity index (χ2n) is 5.29. The van der Waals surface area contributed by atoms with Gasteiger partial charge in [-0.15, -0.1) is 11.3 Å². The number of nitrogens with zero attached hydrogens (tertiary/aromatic N) is 1. The van der Waals surface area contributed by atoms with Gasteiger partial charge in [0.1, 0.15) is 0 Å². The van der Waals surface area contributed by atoms with Crippen molar-refractivity contribution in [3.05, 3.63) is 51.5 Å². The van der Waals surface area contributed by atoms with Crippen molar-refractivity contribution in [2.45, 2.75) is 25.8 Å². The summed E-state index contributed by atoms with van der Waals surface area (Å²) in [5.74, 6) is 0. The van der Waals surface area contributed by atoms with Gasteiger partial charge in [-0.2, -0.15) is 0 Å². The van der Waals surface area contributed by atoms with Gasteiger partial charge in [-0.25, -0.2) is 4.98 Å². The Morgan fingerprint density at radius 1 is 1.40 bits per heavy atom. The van der Waals surface area contributed by atoms with E-state index in [1.54, 1.807) is 11.3 Å². The molecule has 3 rings (SSSR count). The zero-order valence-electron chi connectivity index (χ0n) is 11.9. The predicted octanol–water partition coefficient (Wildman–Crippen LogP) is 2.47. The molecule has 0 saturated carbocycles. The average Bonchev–Trinajstić information content (AvgIpc) is 2.89. The number of nitrogens with one attached hydrogen (secondary N) is 2. The molecule has 1 aromatic heterocycles. The Balaban J connectivity index is 1.50. The first-order valence-corrected chi connectivity index (χ1v) is 8.14. The van der Waals surface area contributed by atoms with E-state index in [0.29, 0.717) is 6.04 Å². The van der Waals surface area contributed by atoms with Gasteiger partial charge in [-0.05, 0) is 31.0 Å². The molecule has 0 amide bonds. The molecule has 0 bridgehead atoms. The van der Waals surface area contributed by atoms with E-state index < -0.39 is 0 Å². The first-order chi connectivity index (χ1) is 9.83. The molecule has 2 N–H and O–H groups in total. The van der Waals surface area contributed by atoms with Gasteiger partial charge in [0, 0.05) is 36.6 Å². The standard InChI is InChI=1S/C16H21N3S/c1-12-11-20-16(19-12)7-8-17-10-15-14-5-3-2-4-13(14)6-9-18-15/h2-5,11,15,17-18H,6-10H2,1H3. The van der Waals surface area contributed by atoms with Crippen molar-refractivity contribution < 1.29 is 0 Å². The summed E-state index contributed by atoms with van der Waals surface area (Å²) >= 11 is 1.76. The number of aryl methyl sites for hydroxylation is 1. The monoisotopic (exact) mass is 287 g/mol. The Labute approximate surface area is 124 Å². The normalized spacial score (nSPS) is 17.9. The highest BCUT2D eigenvalue weighted by Gasteiger charge is 2.18. The van der Waals surface area contributed by atoms with Crippen LogP contribution < -0.4 is 10.6 Å². The summed E-state index contributed by atoms with van der Waals surface area (Å²) in [7, 11) is 0. The molecule has 1 unspecified atom stereocenters. The summed E-state index contributed by atoms with van der Waals surface area (Å²) in [5.41, 5.74) is 4.08. The predicted molar refractivity (Wildman–Crippen MR) is 84.3 cm³/mol. The molecule has 1 atom stereocenters. The van der Waals surface area contributed by atoms with Crippen molar-refractivity contribution >= 4 is 11.3 Å². The molecule has 1 aliphatic heterocycles. The molecule has 0 radical (unpaired) electrons. The van der Waals surface area contributed by atoms with E-state index in [9.17, 15) is 0 Å². The van der Waals surface area contributed by atoms with E-state index in [1.165, 1.54) is 16.1 Å². The number of rotatable bonds is 5. The number of thiazole rings is 1. The maximum absolute atomic E-state index is 4.49. The maximum atomic E-state index is 4.49. The van der Waals surface area contributed by atoms with Gasteiger partial charge in [-0.3, -0.25) is 0 Å². The molecule has 0 spiro atoms. The largest absolute Gasteiger partial charge is 0.314 e. The minimum absolute atomic E-state index is 0.443. The highest BCUT2D eigenvalue weighted by atomic mass is 32.1. The minimum Gasteiger partial charge on any atom is -0.314 e. The summed E-state index contributed by atoms with van der Waals surface area (Å²) in [4.78, 5) is 4.49. The van der Waals surface area contributed by atoms with Crippen LogP contribution in [0.15, 0.2) is 29.6 Å². The third kappa shape index (κ3) is 3.26. The van der Waals surface area contributed by atoms with Gasteiger partial charge in [0.2, 0.25) is 0 Å². The third-order valence-electron chi connectivity index (χ3n) is 3.75. The highest BCUT2D eigenvalue weighted by Crippen LogP contribution is 2.21. The molecule has 0 aliphatic carbocycles. The fourth-order valence-corrected chi connectivity index (χ4v) is 3.51. The molecule has 106 valence electrons. The zero-order chi connectivity index (χ0) is 13.8. The summed E-state index contributed by atoms with van der Waals surface area (Å²) in [6.45, 7) is 5.11. The van der Waals surface area contributed by atoms with Crippen LogP contribution in [0.1, 0.15) is 27.9 Å². The van der Waals surface area contributed by atoms with E-state index in [2.05, 4.69) is 52.2 Å². The molecular weight excluding hydrogens is 266 g/mol. The number of hydrogen-bond acceptors (Lipinski definition) is 4. The van der Waals surface area contributed by atoms with Gasteiger partial charge in [-0.1, -0.05) is 24.3 Å². The third-order valence-corrected chi connectivity index (χ3v) is 4.77. The van der Waals surface area contributed by atoms with Crippen LogP contribution in [0.2, 0.25) is 0 Å². The maximum Gasteiger partial charge on any atom is 0.0940 e. The van der Waals surface area contributed by atoms with Crippen LogP contribution in [0.4, 0.5) is 0 Å². The molecule has 0 fully saturated rings. The van der Waals surface area contributed by atoms with Crippen molar-refractivity contribution in [1.82, 2.24) is 15.6 Å². The van der Waals surface area contributed by atoms with E-state index in [1.807, 2.05) is 0 Å². The Kier molecular flexibility index (Phi) is 4.45. The van der Waals surface area contributed by atoms with Crippen LogP contribution in [0.3, 0.4) is 0 Å². The van der Waals surface area contributed by atoms with Gasteiger partial charge in [0.15, 0.2) is 0 Å². The van der Waals surface area contributed by atoms with Gasteiger partial charge >= 0.3 is 0 Å². The van der Waals surface area contributed by atoms with Crippen LogP contribution >= 0.6 is 11.3 Å². The average molecular weight is 287 g/mol. The van der Waals surface area contributed by atoms with Gasteiger partial charge in [0.05, 0.1) is 5.01 Å². The molecule has 0 saturated heterocycles. The van der Waals surface area contributed by atoms with E-state index in [-0.39, 0.29) is 0 Å². The summed E-state index contributed by atoms with van der Waals surface area (Å²) in [6, 6.07) is 9.22. The van der Waals surface area contributed by atoms with Crippen LogP contribution in [-0.2, 0) is 12.8 Å². The number of hydrogen-bond donors (Lipinski definition) is 2. The van der Waals surface area contributed by atoms with E-state index >= 15 is 0 Å². The zero-order valence-corrected chi connectivity index (χ0v) is 12.7. The van der Waals surface area contributed by atoms with Crippen LogP contribution in [0.5, 0.6) is 0 Å². The van der Waals surface area contributed by atoms with E-state index in [0.717, 1.165) is 38.2 Å². The molecule has 4 heteroatoms. The number of fused-ring (bicyclic) bond motifs is 1. The molecule has 2 aromatic rings. The fourth-order valence-electron chi connectivity index (χ4n) is 2.73. The second-order valence-corrected chi connectivity index (χ2v) is 6.23. The summed E-state index contributed by atoms with van der Waals surface area (Å²) in [6.07, 6.45) is 2.16. The van der Waals surface area contributed by atoms with Crippen LogP contribution in [0, 0.1) is 6.92 Å². The van der Waals surface area contributed by atoms with Crippen molar-refractivity contribution in [2.75, 3.05) is 19.6 Å². The quantitative estimate of drug-likeness (QED) is 0.830. The minimum atomic E-state index is 0.443. The molecule has 1 aromatic carbocycles. The van der Waals surface area contributed by atoms with Crippen molar-refractivity contribution in [2.24, 2.45) is 0 Å². The van der Waals surface area contributed by atoms with Crippen LogP contribution in [-0.4, -0.2) is 24.6 Å². The molecule has 2 heterocycles. The number of aromatic nitrogens is 1. The Morgan fingerprint density at radius 2 is 2.30 bits per heavy atom. The second kappa shape index (κ2) is 6.48. The molecule has 1 aliphatic rings. The van der Waals surface area contributed by atoms with Crippen molar-refractivity contribution in [3.63, 3.8) is 0 Å². The first-order valence-electron chi connectivity index (χ1n) is 7.26. The Hall–Kier alpha value is -1.23. The van der Waals surface area contributed by atoms with Gasteiger partial charge < -0.3 is 10.6 Å². The lowest BCUT2D eigenvalue weighted by molar-refractivity contribution is 0.470. The van der Waals surface area contributed by atoms with E-state index in [4.69, 9.17) is 0 Å². The Bertz CT molecular complexity index is 564. The number of benzene rings is 1. The molecule has 3 nitrogen and oxygen atoms in total. The molecular formula is C16H21N3S. The van der Waals surface area contributed by atoms with Crippen molar-refractivity contribution in [1.29, 1.82) is 0 Å². The fraction of sp³-hybridized carbons (Fsp3) is 0.438. The SMILES string of the molecule is Cc1csc(CCNCC2NCCc3ccccc32)n1. The Morgan fingerprint density at radius 3 is 3.15 bits per heavy atom. The van der Waals surface area contributed by atoms with Gasteiger partial charge in [0.25, 0.3) is 0 Å². The lowest BCUT2D eigenvalue weighted by Crippen LogP contribution is -2.37. The highest BCUT2D eigenvalue weighted by molar-refractivity contribution is 7.09.